The summed E-state index contributed by atoms with van der Waals surface area (Å²) in [6.07, 6.45) is 0. The van der Waals surface area contributed by atoms with E-state index in [1.54, 1.807) is 30.3 Å². The van der Waals surface area contributed by atoms with E-state index < -0.39 is 17.8 Å². The number of hydrogen-bond donors (Lipinski definition) is 2. The molecule has 5 heteroatoms. The Hall–Kier alpha value is -2.07. The van der Waals surface area contributed by atoms with Crippen molar-refractivity contribution >= 4 is 23.3 Å². The zero-order chi connectivity index (χ0) is 13.8. The molecule has 0 amide bonds. The minimum Gasteiger partial charge on any atom is -0.479 e. The largest absolute Gasteiger partial charge is 0.479 e. The highest BCUT2D eigenvalue weighted by atomic mass is 35.5. The number of nitrogens with one attached hydrogen (secondary N) is 1. The van der Waals surface area contributed by atoms with E-state index >= 15 is 0 Å². The predicted molar refractivity (Wildman–Crippen MR) is 71.9 cm³/mol. The number of carboxylic acids is 1. The molecule has 0 saturated carbocycles. The Morgan fingerprint density at radius 1 is 1.21 bits per heavy atom. The van der Waals surface area contributed by atoms with Crippen LogP contribution < -0.4 is 5.32 Å². The van der Waals surface area contributed by atoms with E-state index in [4.69, 9.17) is 11.6 Å². The van der Waals surface area contributed by atoms with Crippen LogP contribution in [0.5, 0.6) is 0 Å². The van der Waals surface area contributed by atoms with Gasteiger partial charge in [0.25, 0.3) is 0 Å². The van der Waals surface area contributed by atoms with Gasteiger partial charge in [-0.25, -0.2) is 9.18 Å². The predicted octanol–water partition coefficient (Wildman–Crippen LogP) is 3.72. The van der Waals surface area contributed by atoms with Gasteiger partial charge < -0.3 is 10.4 Å². The standard InChI is InChI=1S/C14H11ClFNO2/c15-10-4-2-6-12(8-10)17-13(14(18)19)9-3-1-5-11(16)7-9/h1-8,13,17H,(H,18,19). The highest BCUT2D eigenvalue weighted by Gasteiger charge is 2.20. The van der Waals surface area contributed by atoms with Crippen molar-refractivity contribution in [3.05, 3.63) is 64.9 Å². The molecule has 1 atom stereocenters. The lowest BCUT2D eigenvalue weighted by Crippen LogP contribution is -2.20. The van der Waals surface area contributed by atoms with Gasteiger partial charge in [-0.3, -0.25) is 0 Å². The minimum atomic E-state index is -1.09. The Morgan fingerprint density at radius 3 is 2.58 bits per heavy atom. The monoisotopic (exact) mass is 279 g/mol. The molecule has 19 heavy (non-hydrogen) atoms. The molecule has 0 aliphatic rings. The summed E-state index contributed by atoms with van der Waals surface area (Å²) in [5, 5.41) is 12.5. The third-order valence-electron chi connectivity index (χ3n) is 2.56. The van der Waals surface area contributed by atoms with E-state index in [1.807, 2.05) is 0 Å². The first-order chi connectivity index (χ1) is 9.06. The molecule has 2 aromatic rings. The fourth-order valence-corrected chi connectivity index (χ4v) is 1.91. The van der Waals surface area contributed by atoms with Crippen LogP contribution in [0.25, 0.3) is 0 Å². The second-order valence-corrected chi connectivity index (χ2v) is 4.42. The molecule has 2 N–H and O–H groups in total. The van der Waals surface area contributed by atoms with Gasteiger partial charge in [0.05, 0.1) is 0 Å². The summed E-state index contributed by atoms with van der Waals surface area (Å²) < 4.78 is 13.2. The van der Waals surface area contributed by atoms with Crippen LogP contribution in [0.2, 0.25) is 5.02 Å². The summed E-state index contributed by atoms with van der Waals surface area (Å²) in [6.45, 7) is 0. The third kappa shape index (κ3) is 3.45. The van der Waals surface area contributed by atoms with E-state index in [-0.39, 0.29) is 0 Å². The second kappa shape index (κ2) is 5.71. The summed E-state index contributed by atoms with van der Waals surface area (Å²) in [6, 6.07) is 11.1. The number of benzene rings is 2. The maximum Gasteiger partial charge on any atom is 0.330 e. The average Bonchev–Trinajstić information content (AvgIpc) is 2.35. The molecule has 0 saturated heterocycles. The van der Waals surface area contributed by atoms with Crippen LogP contribution in [-0.4, -0.2) is 11.1 Å². The number of halogens is 2. The lowest BCUT2D eigenvalue weighted by molar-refractivity contribution is -0.138. The summed E-state index contributed by atoms with van der Waals surface area (Å²) >= 11 is 5.83. The molecular weight excluding hydrogens is 269 g/mol. The van der Waals surface area contributed by atoms with E-state index in [0.717, 1.165) is 0 Å². The molecular formula is C14H11ClFNO2. The number of carboxylic acid groups (broad SMARTS) is 1. The fraction of sp³-hybridized carbons (Fsp3) is 0.0714. The van der Waals surface area contributed by atoms with Gasteiger partial charge in [-0.05, 0) is 35.9 Å². The van der Waals surface area contributed by atoms with Gasteiger partial charge in [0.1, 0.15) is 5.82 Å². The average molecular weight is 280 g/mol. The molecule has 1 unspecified atom stereocenters. The van der Waals surface area contributed by atoms with Crippen LogP contribution in [0.1, 0.15) is 11.6 Å². The summed E-state index contributed by atoms with van der Waals surface area (Å²) in [5.41, 5.74) is 0.900. The molecule has 98 valence electrons. The number of anilines is 1. The van der Waals surface area contributed by atoms with Crippen molar-refractivity contribution in [3.63, 3.8) is 0 Å². The van der Waals surface area contributed by atoms with E-state index in [1.165, 1.54) is 18.2 Å². The van der Waals surface area contributed by atoms with Gasteiger partial charge in [0.2, 0.25) is 0 Å². The lowest BCUT2D eigenvalue weighted by atomic mass is 10.1. The molecule has 0 radical (unpaired) electrons. The zero-order valence-corrected chi connectivity index (χ0v) is 10.6. The molecule has 2 rings (SSSR count). The number of aliphatic carboxylic acids is 1. The Morgan fingerprint density at radius 2 is 1.95 bits per heavy atom. The Kier molecular flexibility index (Phi) is 4.02. The molecule has 0 spiro atoms. The zero-order valence-electron chi connectivity index (χ0n) is 9.81. The molecule has 0 aromatic heterocycles. The Labute approximate surface area is 114 Å². The fourth-order valence-electron chi connectivity index (χ4n) is 1.72. The quantitative estimate of drug-likeness (QED) is 0.897. The first kappa shape index (κ1) is 13.4. The first-order valence-corrected chi connectivity index (χ1v) is 5.94. The van der Waals surface area contributed by atoms with Crippen LogP contribution in [0.15, 0.2) is 48.5 Å². The number of carbonyl (C=O) groups is 1. The van der Waals surface area contributed by atoms with Crippen molar-refractivity contribution in [1.29, 1.82) is 0 Å². The van der Waals surface area contributed by atoms with Crippen molar-refractivity contribution in [2.45, 2.75) is 6.04 Å². The van der Waals surface area contributed by atoms with Crippen LogP contribution >= 0.6 is 11.6 Å². The van der Waals surface area contributed by atoms with Gasteiger partial charge in [-0.2, -0.15) is 0 Å². The van der Waals surface area contributed by atoms with E-state index in [0.29, 0.717) is 16.3 Å². The van der Waals surface area contributed by atoms with Crippen LogP contribution in [0.3, 0.4) is 0 Å². The highest BCUT2D eigenvalue weighted by molar-refractivity contribution is 6.30. The van der Waals surface area contributed by atoms with E-state index in [9.17, 15) is 14.3 Å². The smallest absolute Gasteiger partial charge is 0.330 e. The minimum absolute atomic E-state index is 0.340. The third-order valence-corrected chi connectivity index (χ3v) is 2.80. The molecule has 0 heterocycles. The second-order valence-electron chi connectivity index (χ2n) is 3.98. The Balaban J connectivity index is 2.29. The first-order valence-electron chi connectivity index (χ1n) is 5.56. The van der Waals surface area contributed by atoms with Crippen molar-refractivity contribution < 1.29 is 14.3 Å². The van der Waals surface area contributed by atoms with Gasteiger partial charge in [0, 0.05) is 10.7 Å². The maximum atomic E-state index is 13.2. The summed E-state index contributed by atoms with van der Waals surface area (Å²) in [7, 11) is 0. The van der Waals surface area contributed by atoms with Gasteiger partial charge in [0.15, 0.2) is 6.04 Å². The molecule has 0 aliphatic heterocycles. The summed E-state index contributed by atoms with van der Waals surface area (Å²) in [4.78, 5) is 11.3. The van der Waals surface area contributed by atoms with Crippen molar-refractivity contribution in [2.75, 3.05) is 5.32 Å². The molecule has 0 aliphatic carbocycles. The maximum absolute atomic E-state index is 13.2. The SMILES string of the molecule is O=C(O)C(Nc1cccc(Cl)c1)c1cccc(F)c1. The van der Waals surface area contributed by atoms with Crippen LogP contribution in [0.4, 0.5) is 10.1 Å². The van der Waals surface area contributed by atoms with E-state index in [2.05, 4.69) is 5.32 Å². The van der Waals surface area contributed by atoms with Gasteiger partial charge >= 0.3 is 5.97 Å². The van der Waals surface area contributed by atoms with Crippen molar-refractivity contribution in [2.24, 2.45) is 0 Å². The normalized spacial score (nSPS) is 11.9. The molecule has 3 nitrogen and oxygen atoms in total. The van der Waals surface area contributed by atoms with Crippen LogP contribution in [0, 0.1) is 5.82 Å². The Bertz CT molecular complexity index is 604. The molecule has 2 aromatic carbocycles. The molecule has 0 fully saturated rings. The number of hydrogen-bond acceptors (Lipinski definition) is 2. The number of rotatable bonds is 4. The van der Waals surface area contributed by atoms with Crippen LogP contribution in [-0.2, 0) is 4.79 Å². The molecule has 0 bridgehead atoms. The van der Waals surface area contributed by atoms with Crippen molar-refractivity contribution in [1.82, 2.24) is 0 Å². The highest BCUT2D eigenvalue weighted by Crippen LogP contribution is 2.22. The summed E-state index contributed by atoms with van der Waals surface area (Å²) in [5.74, 6) is -1.57. The van der Waals surface area contributed by atoms with Crippen molar-refractivity contribution in [3.8, 4) is 0 Å². The topological polar surface area (TPSA) is 49.3 Å². The lowest BCUT2D eigenvalue weighted by Gasteiger charge is -2.16. The van der Waals surface area contributed by atoms with Gasteiger partial charge in [-0.1, -0.05) is 29.8 Å². The van der Waals surface area contributed by atoms with Gasteiger partial charge in [-0.15, -0.1) is 0 Å².